The number of fused-ring (bicyclic) bond motifs is 2. The first-order chi connectivity index (χ1) is 21.0. The van der Waals surface area contributed by atoms with E-state index in [-0.39, 0.29) is 17.3 Å². The molecule has 7 rings (SSSR count). The van der Waals surface area contributed by atoms with Crippen LogP contribution in [-0.2, 0) is 11.3 Å². The molecule has 0 spiro atoms. The van der Waals surface area contributed by atoms with Crippen molar-refractivity contribution in [2.75, 3.05) is 5.32 Å². The van der Waals surface area contributed by atoms with Crippen LogP contribution in [0.5, 0.6) is 0 Å². The molecule has 0 radical (unpaired) electrons. The molecule has 0 unspecified atom stereocenters. The van der Waals surface area contributed by atoms with Crippen LogP contribution < -0.4 is 20.2 Å². The zero-order valence-corrected chi connectivity index (χ0v) is 24.7. The number of halogens is 1. The summed E-state index contributed by atoms with van der Waals surface area (Å²) in [6, 6.07) is 27.1. The third-order valence-electron chi connectivity index (χ3n) is 7.52. The Kier molecular flexibility index (Phi) is 6.96. The lowest BCUT2D eigenvalue weighted by Gasteiger charge is -2.24. The van der Waals surface area contributed by atoms with Gasteiger partial charge >= 0.3 is 0 Å². The van der Waals surface area contributed by atoms with Crippen molar-refractivity contribution < 1.29 is 9.18 Å². The molecule has 43 heavy (non-hydrogen) atoms. The van der Waals surface area contributed by atoms with E-state index < -0.39 is 6.04 Å². The quantitative estimate of drug-likeness (QED) is 0.251. The van der Waals surface area contributed by atoms with Gasteiger partial charge in [-0.15, -0.1) is 11.3 Å². The van der Waals surface area contributed by atoms with Crippen LogP contribution in [0.2, 0.25) is 0 Å². The van der Waals surface area contributed by atoms with Crippen LogP contribution in [0.15, 0.2) is 124 Å². The maximum absolute atomic E-state index is 14.5. The number of aromatic nitrogens is 2. The number of thiazole rings is 1. The summed E-state index contributed by atoms with van der Waals surface area (Å²) in [5, 5.41) is 5.88. The minimum absolute atomic E-state index is 0.217. The molecule has 4 heterocycles. The van der Waals surface area contributed by atoms with Gasteiger partial charge in [0.25, 0.3) is 11.5 Å². The number of nitrogens with one attached hydrogen (secondary N) is 1. The third-order valence-corrected chi connectivity index (χ3v) is 9.42. The average molecular weight is 605 g/mol. The Hall–Kier alpha value is -4.86. The normalized spacial score (nSPS) is 15.0. The van der Waals surface area contributed by atoms with Crippen LogP contribution in [0.4, 0.5) is 10.1 Å². The molecule has 3 aromatic heterocycles. The number of thiophene rings is 1. The first-order valence-electron chi connectivity index (χ1n) is 13.7. The number of nitrogens with zero attached hydrogens (tertiary/aromatic N) is 3. The second-order valence-corrected chi connectivity index (χ2v) is 12.2. The highest BCUT2D eigenvalue weighted by Gasteiger charge is 2.33. The largest absolute Gasteiger partial charge is 0.342 e. The molecule has 6 aromatic rings. The van der Waals surface area contributed by atoms with Gasteiger partial charge in [0.1, 0.15) is 11.9 Å². The van der Waals surface area contributed by atoms with Gasteiger partial charge in [-0.25, -0.2) is 9.38 Å². The lowest BCUT2D eigenvalue weighted by Crippen LogP contribution is -2.40. The van der Waals surface area contributed by atoms with Gasteiger partial charge in [-0.05, 0) is 48.7 Å². The maximum atomic E-state index is 14.5. The van der Waals surface area contributed by atoms with E-state index in [4.69, 9.17) is 4.99 Å². The number of anilines is 1. The second kappa shape index (κ2) is 11.1. The number of benzene rings is 3. The van der Waals surface area contributed by atoms with Crippen molar-refractivity contribution in [3.8, 4) is 0 Å². The number of allylic oxidation sites excluding steroid dienone is 1. The summed E-state index contributed by atoms with van der Waals surface area (Å²) in [5.41, 5.74) is 3.84. The molecule has 1 aliphatic heterocycles. The van der Waals surface area contributed by atoms with E-state index in [1.165, 1.54) is 28.7 Å². The summed E-state index contributed by atoms with van der Waals surface area (Å²) >= 11 is 2.80. The van der Waals surface area contributed by atoms with Crippen LogP contribution in [0, 0.1) is 5.82 Å². The topological polar surface area (TPSA) is 68.4 Å². The van der Waals surface area contributed by atoms with E-state index in [0.29, 0.717) is 38.4 Å². The Morgan fingerprint density at radius 2 is 1.77 bits per heavy atom. The number of carbonyl (C=O) groups excluding carboxylic acids is 1. The Bertz CT molecular complexity index is 2210. The van der Waals surface area contributed by atoms with E-state index >= 15 is 0 Å². The van der Waals surface area contributed by atoms with Gasteiger partial charge in [0, 0.05) is 38.8 Å². The first kappa shape index (κ1) is 27.0. The molecular formula is C34H25FN4O2S2. The number of amides is 1. The Labute approximate surface area is 254 Å². The van der Waals surface area contributed by atoms with E-state index in [9.17, 15) is 14.0 Å². The molecule has 0 aliphatic carbocycles. The number of carbonyl (C=O) groups is 1. The van der Waals surface area contributed by atoms with E-state index in [1.807, 2.05) is 102 Å². The fourth-order valence-corrected chi connectivity index (χ4v) is 7.38. The number of hydrogen-bond acceptors (Lipinski definition) is 5. The summed E-state index contributed by atoms with van der Waals surface area (Å²) in [6.07, 6.45) is 3.83. The molecule has 6 nitrogen and oxygen atoms in total. The molecule has 0 bridgehead atoms. The standard InChI is InChI=1S/C34H25FN4O2S2/c1-21-30(32(40)37-24-11-3-2-4-12-24)31(28-16-9-17-42-28)39-33(41)29(43-34(39)36-21)18-23-20-38(27-15-8-6-13-25(23)27)19-22-10-5-7-14-26(22)35/h2-18,20,31H,19H2,1H3,(H,37,40)/t31-/m1/s1. The molecule has 0 saturated heterocycles. The summed E-state index contributed by atoms with van der Waals surface area (Å²) in [4.78, 5) is 33.9. The molecule has 212 valence electrons. The van der Waals surface area contributed by atoms with E-state index in [0.717, 1.165) is 21.3 Å². The van der Waals surface area contributed by atoms with Gasteiger partial charge in [-0.3, -0.25) is 14.2 Å². The van der Waals surface area contributed by atoms with Crippen LogP contribution in [0.1, 0.15) is 29.0 Å². The first-order valence-corrected chi connectivity index (χ1v) is 15.4. The molecule has 0 fully saturated rings. The smallest absolute Gasteiger partial charge is 0.271 e. The minimum atomic E-state index is -0.607. The van der Waals surface area contributed by atoms with Gasteiger partial charge in [-0.1, -0.05) is 72.0 Å². The van der Waals surface area contributed by atoms with Crippen molar-refractivity contribution >= 4 is 51.2 Å². The summed E-state index contributed by atoms with van der Waals surface area (Å²) in [6.45, 7) is 2.17. The second-order valence-electron chi connectivity index (χ2n) is 10.2. The Morgan fingerprint density at radius 3 is 2.56 bits per heavy atom. The molecular weight excluding hydrogens is 580 g/mol. The maximum Gasteiger partial charge on any atom is 0.271 e. The van der Waals surface area contributed by atoms with E-state index in [1.54, 1.807) is 16.7 Å². The highest BCUT2D eigenvalue weighted by atomic mass is 32.1. The molecule has 1 aliphatic rings. The minimum Gasteiger partial charge on any atom is -0.342 e. The predicted molar refractivity (Wildman–Crippen MR) is 171 cm³/mol. The van der Waals surface area contributed by atoms with E-state index in [2.05, 4.69) is 5.32 Å². The number of rotatable bonds is 6. The zero-order valence-electron chi connectivity index (χ0n) is 23.0. The monoisotopic (exact) mass is 604 g/mol. The van der Waals surface area contributed by atoms with Gasteiger partial charge in [0.15, 0.2) is 4.80 Å². The third kappa shape index (κ3) is 4.96. The molecule has 1 atom stereocenters. The fourth-order valence-electron chi connectivity index (χ4n) is 5.52. The van der Waals surface area contributed by atoms with Crippen LogP contribution in [0.25, 0.3) is 17.0 Å². The predicted octanol–water partition coefficient (Wildman–Crippen LogP) is 6.08. The molecule has 0 saturated carbocycles. The number of hydrogen-bond donors (Lipinski definition) is 1. The Balaban J connectivity index is 1.34. The van der Waals surface area contributed by atoms with Crippen molar-refractivity contribution in [1.29, 1.82) is 0 Å². The summed E-state index contributed by atoms with van der Waals surface area (Å²) < 4.78 is 18.6. The van der Waals surface area contributed by atoms with Crippen LogP contribution >= 0.6 is 22.7 Å². The fraction of sp³-hybridized carbons (Fsp3) is 0.0882. The Morgan fingerprint density at radius 1 is 1.00 bits per heavy atom. The van der Waals surface area contributed by atoms with Crippen LogP contribution in [0.3, 0.4) is 0 Å². The van der Waals surface area contributed by atoms with Gasteiger partial charge in [-0.2, -0.15) is 0 Å². The van der Waals surface area contributed by atoms with Crippen molar-refractivity contribution in [3.63, 3.8) is 0 Å². The van der Waals surface area contributed by atoms with Gasteiger partial charge in [0.2, 0.25) is 0 Å². The van der Waals surface area contributed by atoms with Gasteiger partial charge in [0.05, 0.1) is 22.3 Å². The highest BCUT2D eigenvalue weighted by Crippen LogP contribution is 2.33. The van der Waals surface area contributed by atoms with Crippen molar-refractivity contribution in [2.24, 2.45) is 4.99 Å². The molecule has 3 aromatic carbocycles. The van der Waals surface area contributed by atoms with Crippen molar-refractivity contribution in [3.05, 3.63) is 155 Å². The lowest BCUT2D eigenvalue weighted by molar-refractivity contribution is -0.113. The van der Waals surface area contributed by atoms with Crippen molar-refractivity contribution in [2.45, 2.75) is 19.5 Å². The lowest BCUT2D eigenvalue weighted by atomic mass is 10.0. The summed E-state index contributed by atoms with van der Waals surface area (Å²) in [5.74, 6) is -0.553. The highest BCUT2D eigenvalue weighted by molar-refractivity contribution is 7.10. The molecule has 1 N–H and O–H groups in total. The van der Waals surface area contributed by atoms with Crippen molar-refractivity contribution in [1.82, 2.24) is 9.13 Å². The zero-order chi connectivity index (χ0) is 29.5. The van der Waals surface area contributed by atoms with Crippen LogP contribution in [-0.4, -0.2) is 15.0 Å². The van der Waals surface area contributed by atoms with Gasteiger partial charge < -0.3 is 9.88 Å². The average Bonchev–Trinajstić information content (AvgIpc) is 3.74. The summed E-state index contributed by atoms with van der Waals surface area (Å²) in [7, 11) is 0. The molecule has 1 amide bonds. The number of para-hydroxylation sites is 2. The SMILES string of the molecule is CC1=C(C(=O)Nc2ccccc2)[C@@H](c2cccs2)n2c(sc(=Cc3cn(Cc4ccccc4F)c4ccccc34)c2=O)=N1. The molecule has 9 heteroatoms.